The minimum absolute atomic E-state index is 0.191. The van der Waals surface area contributed by atoms with Gasteiger partial charge in [-0.1, -0.05) is 25.6 Å². The second kappa shape index (κ2) is 9.00. The van der Waals surface area contributed by atoms with Gasteiger partial charge in [-0.25, -0.2) is 4.79 Å². The first-order valence-electron chi connectivity index (χ1n) is 8.09. The van der Waals surface area contributed by atoms with Crippen LogP contribution in [0.1, 0.15) is 41.8 Å². The van der Waals surface area contributed by atoms with Crippen molar-refractivity contribution in [3.05, 3.63) is 22.3 Å². The number of carbonyl (C=O) groups excluding carboxylic acids is 2. The summed E-state index contributed by atoms with van der Waals surface area (Å²) in [6, 6.07) is 1.76. The summed E-state index contributed by atoms with van der Waals surface area (Å²) in [6.45, 7) is 6.80. The maximum Gasteiger partial charge on any atom is 0.340 e. The number of esters is 1. The number of hydrogen-bond acceptors (Lipinski definition) is 7. The summed E-state index contributed by atoms with van der Waals surface area (Å²) in [6.07, 6.45) is 1.59. The van der Waals surface area contributed by atoms with Crippen LogP contribution in [0.25, 0.3) is 0 Å². The van der Waals surface area contributed by atoms with Crippen LogP contribution in [0.2, 0.25) is 0 Å². The first-order valence-corrected chi connectivity index (χ1v) is 9.89. The summed E-state index contributed by atoms with van der Waals surface area (Å²) in [5.41, 5.74) is 0.396. The van der Waals surface area contributed by atoms with Crippen molar-refractivity contribution in [3.8, 4) is 0 Å². The fraction of sp³-hybridized carbons (Fsp3) is 0.500. The van der Waals surface area contributed by atoms with Gasteiger partial charge in [0.2, 0.25) is 5.91 Å². The van der Waals surface area contributed by atoms with Gasteiger partial charge in [0, 0.05) is 17.8 Å². The molecule has 0 spiro atoms. The Balaban J connectivity index is 2.04. The maximum absolute atomic E-state index is 12.3. The average Bonchev–Trinajstić information content (AvgIpc) is 3.22. The second-order valence-electron chi connectivity index (χ2n) is 5.13. The molecule has 25 heavy (non-hydrogen) atoms. The van der Waals surface area contributed by atoms with Crippen LogP contribution in [-0.4, -0.2) is 39.5 Å². The van der Waals surface area contributed by atoms with Gasteiger partial charge >= 0.3 is 5.97 Å². The molecule has 1 N–H and O–H groups in total. The number of thioether (sulfide) groups is 1. The van der Waals surface area contributed by atoms with Gasteiger partial charge in [-0.05, 0) is 19.4 Å². The molecule has 2 aromatic rings. The molecule has 0 saturated carbocycles. The molecule has 9 heteroatoms. The monoisotopic (exact) mass is 382 g/mol. The van der Waals surface area contributed by atoms with E-state index in [9.17, 15) is 9.59 Å². The van der Waals surface area contributed by atoms with E-state index in [-0.39, 0.29) is 11.7 Å². The minimum Gasteiger partial charge on any atom is -0.465 e. The lowest BCUT2D eigenvalue weighted by Gasteiger charge is -2.07. The molecule has 0 atom stereocenters. The van der Waals surface area contributed by atoms with Gasteiger partial charge in [0.05, 0.1) is 18.4 Å². The van der Waals surface area contributed by atoms with Crippen LogP contribution < -0.4 is 5.32 Å². The zero-order valence-corrected chi connectivity index (χ0v) is 16.4. The SMILES string of the molecule is CCc1cc(C(=O)OC)c(NC(=O)CSc2nnc(CC)n2CC)s1. The number of aryl methyl sites for hydroxylation is 2. The second-order valence-corrected chi connectivity index (χ2v) is 7.21. The predicted octanol–water partition coefficient (Wildman–Crippen LogP) is 3.00. The summed E-state index contributed by atoms with van der Waals surface area (Å²) < 4.78 is 6.78. The Morgan fingerprint density at radius 1 is 1.28 bits per heavy atom. The Morgan fingerprint density at radius 3 is 2.64 bits per heavy atom. The third-order valence-electron chi connectivity index (χ3n) is 3.55. The molecule has 0 fully saturated rings. The molecular weight excluding hydrogens is 360 g/mol. The van der Waals surface area contributed by atoms with Crippen molar-refractivity contribution in [3.63, 3.8) is 0 Å². The third-order valence-corrected chi connectivity index (χ3v) is 5.71. The van der Waals surface area contributed by atoms with E-state index >= 15 is 0 Å². The number of carbonyl (C=O) groups is 2. The van der Waals surface area contributed by atoms with Crippen LogP contribution in [0.5, 0.6) is 0 Å². The first kappa shape index (κ1) is 19.5. The Kier molecular flexibility index (Phi) is 7.01. The zero-order chi connectivity index (χ0) is 18.4. The van der Waals surface area contributed by atoms with E-state index in [1.807, 2.05) is 25.3 Å². The lowest BCUT2D eigenvalue weighted by atomic mass is 10.2. The van der Waals surface area contributed by atoms with E-state index < -0.39 is 5.97 Å². The van der Waals surface area contributed by atoms with Gasteiger partial charge in [-0.3, -0.25) is 4.79 Å². The zero-order valence-electron chi connectivity index (χ0n) is 14.8. The van der Waals surface area contributed by atoms with Gasteiger partial charge in [-0.2, -0.15) is 0 Å². The number of hydrogen-bond donors (Lipinski definition) is 1. The summed E-state index contributed by atoms with van der Waals surface area (Å²) in [5.74, 6) is 0.465. The molecule has 0 aliphatic heterocycles. The molecule has 7 nitrogen and oxygen atoms in total. The van der Waals surface area contributed by atoms with Crippen LogP contribution in [0.3, 0.4) is 0 Å². The van der Waals surface area contributed by atoms with Crippen LogP contribution in [0.15, 0.2) is 11.2 Å². The average molecular weight is 383 g/mol. The number of nitrogens with zero attached hydrogens (tertiary/aromatic N) is 3. The summed E-state index contributed by atoms with van der Waals surface area (Å²) in [4.78, 5) is 25.2. The van der Waals surface area contributed by atoms with Crippen LogP contribution in [0, 0.1) is 0 Å². The van der Waals surface area contributed by atoms with Crippen LogP contribution in [-0.2, 0) is 28.9 Å². The van der Waals surface area contributed by atoms with E-state index in [2.05, 4.69) is 15.5 Å². The predicted molar refractivity (Wildman–Crippen MR) is 99.5 cm³/mol. The van der Waals surface area contributed by atoms with Gasteiger partial charge < -0.3 is 14.6 Å². The molecule has 0 aliphatic carbocycles. The normalized spacial score (nSPS) is 10.7. The van der Waals surface area contributed by atoms with Crippen molar-refractivity contribution < 1.29 is 14.3 Å². The Labute approximate surface area is 155 Å². The maximum atomic E-state index is 12.3. The quantitative estimate of drug-likeness (QED) is 0.558. The summed E-state index contributed by atoms with van der Waals surface area (Å²) >= 11 is 2.73. The van der Waals surface area contributed by atoms with Gasteiger partial charge in [0.1, 0.15) is 10.8 Å². The minimum atomic E-state index is -0.447. The van der Waals surface area contributed by atoms with E-state index in [0.717, 1.165) is 35.2 Å². The molecule has 0 aromatic carbocycles. The summed E-state index contributed by atoms with van der Waals surface area (Å²) in [7, 11) is 1.33. The van der Waals surface area contributed by atoms with Gasteiger partial charge in [-0.15, -0.1) is 21.5 Å². The number of anilines is 1. The molecule has 2 heterocycles. The highest BCUT2D eigenvalue weighted by molar-refractivity contribution is 7.99. The topological polar surface area (TPSA) is 86.1 Å². The van der Waals surface area contributed by atoms with Crippen LogP contribution in [0.4, 0.5) is 5.00 Å². The smallest absolute Gasteiger partial charge is 0.340 e. The van der Waals surface area contributed by atoms with Crippen molar-refractivity contribution in [2.45, 2.75) is 45.3 Å². The largest absolute Gasteiger partial charge is 0.465 e. The Hall–Kier alpha value is -1.87. The van der Waals surface area contributed by atoms with Crippen molar-refractivity contribution in [2.24, 2.45) is 0 Å². The lowest BCUT2D eigenvalue weighted by Crippen LogP contribution is -2.16. The van der Waals surface area contributed by atoms with E-state index in [1.165, 1.54) is 30.2 Å². The molecule has 2 aromatic heterocycles. The van der Waals surface area contributed by atoms with Crippen LogP contribution >= 0.6 is 23.1 Å². The van der Waals surface area contributed by atoms with E-state index in [4.69, 9.17) is 4.74 Å². The molecular formula is C16H22N4O3S2. The third kappa shape index (κ3) is 4.60. The van der Waals surface area contributed by atoms with E-state index in [1.54, 1.807) is 6.07 Å². The molecule has 0 unspecified atom stereocenters. The lowest BCUT2D eigenvalue weighted by molar-refractivity contribution is -0.113. The van der Waals surface area contributed by atoms with Crippen molar-refractivity contribution in [2.75, 3.05) is 18.2 Å². The Morgan fingerprint density at radius 2 is 2.04 bits per heavy atom. The standard InChI is InChI=1S/C16H22N4O3S2/c1-5-10-8-11(15(22)23-4)14(25-10)17-13(21)9-24-16-19-18-12(6-2)20(16)7-3/h8H,5-7,9H2,1-4H3,(H,17,21). The molecule has 1 amide bonds. The number of methoxy groups -OCH3 is 1. The van der Waals surface area contributed by atoms with Crippen molar-refractivity contribution in [1.29, 1.82) is 0 Å². The number of aromatic nitrogens is 3. The fourth-order valence-electron chi connectivity index (χ4n) is 2.27. The number of amides is 1. The van der Waals surface area contributed by atoms with E-state index in [0.29, 0.717) is 10.6 Å². The number of rotatable bonds is 8. The molecule has 0 aliphatic rings. The Bertz CT molecular complexity index is 755. The highest BCUT2D eigenvalue weighted by atomic mass is 32.2. The van der Waals surface area contributed by atoms with Gasteiger partial charge in [0.25, 0.3) is 0 Å². The van der Waals surface area contributed by atoms with Gasteiger partial charge in [0.15, 0.2) is 5.16 Å². The summed E-state index contributed by atoms with van der Waals surface area (Å²) in [5, 5.41) is 12.3. The first-order chi connectivity index (χ1) is 12.0. The molecule has 2 rings (SSSR count). The number of ether oxygens (including phenoxy) is 1. The number of thiophene rings is 1. The molecule has 0 saturated heterocycles. The molecule has 0 bridgehead atoms. The fourth-order valence-corrected chi connectivity index (χ4v) is 4.09. The molecule has 136 valence electrons. The molecule has 0 radical (unpaired) electrons. The van der Waals surface area contributed by atoms with Crippen molar-refractivity contribution >= 4 is 40.0 Å². The van der Waals surface area contributed by atoms with Crippen molar-refractivity contribution in [1.82, 2.24) is 14.8 Å². The number of nitrogens with one attached hydrogen (secondary N) is 1. The highest BCUT2D eigenvalue weighted by Crippen LogP contribution is 2.29. The highest BCUT2D eigenvalue weighted by Gasteiger charge is 2.19.